The van der Waals surface area contributed by atoms with E-state index in [0.717, 1.165) is 6.26 Å². The molecule has 2 nitrogen and oxygen atoms in total. The van der Waals surface area contributed by atoms with Gasteiger partial charge >= 0.3 is 0 Å². The number of hydrogen-bond acceptors (Lipinski definition) is 2. The second-order valence-electron chi connectivity index (χ2n) is 1.85. The van der Waals surface area contributed by atoms with Gasteiger partial charge in [-0.1, -0.05) is 0 Å². The third-order valence-electron chi connectivity index (χ3n) is 0.748. The Hall–Kier alpha value is -0.790. The van der Waals surface area contributed by atoms with Gasteiger partial charge in [-0.3, -0.25) is 4.79 Å². The summed E-state index contributed by atoms with van der Waals surface area (Å²) in [6.45, 7) is 3.20. The summed E-state index contributed by atoms with van der Waals surface area (Å²) >= 11 is 0. The summed E-state index contributed by atoms with van der Waals surface area (Å²) in [5.41, 5.74) is 0.706. The molecular weight excluding hydrogens is 104 g/mol. The molecule has 0 saturated carbocycles. The standard InChI is InChI=1S/C6H10O2/c1-5(4-7)3-6(2)8/h4,7H,3H2,1-2H3/b5-4-. The summed E-state index contributed by atoms with van der Waals surface area (Å²) in [7, 11) is 0. The Balaban J connectivity index is 3.56. The van der Waals surface area contributed by atoms with E-state index in [1.165, 1.54) is 6.92 Å². The fraction of sp³-hybridized carbons (Fsp3) is 0.500. The van der Waals surface area contributed by atoms with Crippen LogP contribution in [0.4, 0.5) is 0 Å². The SMILES string of the molecule is CC(=O)C/C(C)=C\O. The Labute approximate surface area is 48.8 Å². The van der Waals surface area contributed by atoms with Crippen molar-refractivity contribution in [2.24, 2.45) is 0 Å². The van der Waals surface area contributed by atoms with Gasteiger partial charge in [-0.2, -0.15) is 0 Å². The molecule has 0 bridgehead atoms. The van der Waals surface area contributed by atoms with E-state index in [-0.39, 0.29) is 5.78 Å². The first-order valence-corrected chi connectivity index (χ1v) is 2.46. The van der Waals surface area contributed by atoms with Gasteiger partial charge in [0.15, 0.2) is 0 Å². The van der Waals surface area contributed by atoms with Gasteiger partial charge in [-0.05, 0) is 19.4 Å². The highest BCUT2D eigenvalue weighted by molar-refractivity contribution is 5.77. The van der Waals surface area contributed by atoms with Crippen molar-refractivity contribution in [3.63, 3.8) is 0 Å². The van der Waals surface area contributed by atoms with Crippen molar-refractivity contribution in [2.45, 2.75) is 20.3 Å². The molecule has 0 spiro atoms. The number of allylic oxidation sites excluding steroid dienone is 1. The number of aliphatic hydroxyl groups is 1. The number of carbonyl (C=O) groups is 1. The first-order chi connectivity index (χ1) is 3.66. The van der Waals surface area contributed by atoms with E-state index in [2.05, 4.69) is 0 Å². The summed E-state index contributed by atoms with van der Waals surface area (Å²) in [6, 6.07) is 0. The molecule has 0 aromatic carbocycles. The maximum atomic E-state index is 10.3. The molecule has 0 amide bonds. The number of rotatable bonds is 2. The lowest BCUT2D eigenvalue weighted by molar-refractivity contribution is -0.116. The second-order valence-corrected chi connectivity index (χ2v) is 1.85. The molecule has 0 atom stereocenters. The average Bonchev–Trinajstić information content (AvgIpc) is 1.65. The number of carbonyl (C=O) groups excluding carboxylic acids is 1. The summed E-state index contributed by atoms with van der Waals surface area (Å²) in [5, 5.41) is 8.27. The normalized spacial score (nSPS) is 11.5. The monoisotopic (exact) mass is 114 g/mol. The topological polar surface area (TPSA) is 37.3 Å². The molecule has 2 heteroatoms. The summed E-state index contributed by atoms with van der Waals surface area (Å²) < 4.78 is 0. The lowest BCUT2D eigenvalue weighted by Gasteiger charge is -1.89. The lowest BCUT2D eigenvalue weighted by Crippen LogP contribution is -1.89. The Morgan fingerprint density at radius 3 is 2.25 bits per heavy atom. The largest absolute Gasteiger partial charge is 0.516 e. The van der Waals surface area contributed by atoms with E-state index in [4.69, 9.17) is 5.11 Å². The molecule has 0 saturated heterocycles. The third-order valence-corrected chi connectivity index (χ3v) is 0.748. The highest BCUT2D eigenvalue weighted by Crippen LogP contribution is 1.96. The van der Waals surface area contributed by atoms with Crippen LogP contribution in [0.1, 0.15) is 20.3 Å². The maximum Gasteiger partial charge on any atom is 0.133 e. The zero-order chi connectivity index (χ0) is 6.57. The highest BCUT2D eigenvalue weighted by atomic mass is 16.2. The van der Waals surface area contributed by atoms with E-state index < -0.39 is 0 Å². The Kier molecular flexibility index (Phi) is 2.92. The fourth-order valence-corrected chi connectivity index (χ4v) is 0.438. The zero-order valence-corrected chi connectivity index (χ0v) is 5.14. The van der Waals surface area contributed by atoms with Crippen LogP contribution in [0.15, 0.2) is 11.8 Å². The van der Waals surface area contributed by atoms with E-state index >= 15 is 0 Å². The van der Waals surface area contributed by atoms with Crippen LogP contribution < -0.4 is 0 Å². The molecule has 0 radical (unpaired) electrons. The Morgan fingerprint density at radius 2 is 2.12 bits per heavy atom. The van der Waals surface area contributed by atoms with Gasteiger partial charge < -0.3 is 5.11 Å². The summed E-state index contributed by atoms with van der Waals surface area (Å²) in [6.07, 6.45) is 1.32. The number of Topliss-reactive ketones (excluding diaryl/α,β-unsaturated/α-hetero) is 1. The van der Waals surface area contributed by atoms with Crippen molar-refractivity contribution in [2.75, 3.05) is 0 Å². The molecule has 0 aliphatic carbocycles. The molecule has 0 heterocycles. The highest BCUT2D eigenvalue weighted by Gasteiger charge is 1.92. The molecule has 8 heavy (non-hydrogen) atoms. The molecule has 0 unspecified atom stereocenters. The first-order valence-electron chi connectivity index (χ1n) is 2.46. The van der Waals surface area contributed by atoms with E-state index in [1.807, 2.05) is 0 Å². The molecule has 0 rings (SSSR count). The minimum Gasteiger partial charge on any atom is -0.516 e. The maximum absolute atomic E-state index is 10.3. The number of ketones is 1. The van der Waals surface area contributed by atoms with Crippen molar-refractivity contribution in [1.29, 1.82) is 0 Å². The predicted octanol–water partition coefficient (Wildman–Crippen LogP) is 1.43. The van der Waals surface area contributed by atoms with Crippen LogP contribution in [0.2, 0.25) is 0 Å². The molecule has 0 fully saturated rings. The smallest absolute Gasteiger partial charge is 0.133 e. The summed E-state index contributed by atoms with van der Waals surface area (Å²) in [4.78, 5) is 10.3. The van der Waals surface area contributed by atoms with Gasteiger partial charge in [0, 0.05) is 6.42 Å². The predicted molar refractivity (Wildman–Crippen MR) is 31.7 cm³/mol. The zero-order valence-electron chi connectivity index (χ0n) is 5.14. The molecule has 0 aliphatic rings. The van der Waals surface area contributed by atoms with E-state index in [1.54, 1.807) is 6.92 Å². The van der Waals surface area contributed by atoms with E-state index in [9.17, 15) is 4.79 Å². The molecular formula is C6H10O2. The average molecular weight is 114 g/mol. The molecule has 0 aliphatic heterocycles. The Bertz CT molecular complexity index is 114. The number of aliphatic hydroxyl groups excluding tert-OH is 1. The van der Waals surface area contributed by atoms with Gasteiger partial charge in [-0.25, -0.2) is 0 Å². The first kappa shape index (κ1) is 7.21. The molecule has 0 aromatic rings. The van der Waals surface area contributed by atoms with Gasteiger partial charge in [0.2, 0.25) is 0 Å². The van der Waals surface area contributed by atoms with Crippen molar-refractivity contribution in [1.82, 2.24) is 0 Å². The van der Waals surface area contributed by atoms with E-state index in [0.29, 0.717) is 12.0 Å². The summed E-state index contributed by atoms with van der Waals surface area (Å²) in [5.74, 6) is 0.0767. The lowest BCUT2D eigenvalue weighted by atomic mass is 10.2. The van der Waals surface area contributed by atoms with Crippen LogP contribution in [0.25, 0.3) is 0 Å². The van der Waals surface area contributed by atoms with Crippen LogP contribution in [-0.2, 0) is 4.79 Å². The van der Waals surface area contributed by atoms with Crippen molar-refractivity contribution >= 4 is 5.78 Å². The molecule has 1 N–H and O–H groups in total. The van der Waals surface area contributed by atoms with Crippen molar-refractivity contribution < 1.29 is 9.90 Å². The quantitative estimate of drug-likeness (QED) is 0.551. The molecule has 46 valence electrons. The van der Waals surface area contributed by atoms with Crippen LogP contribution >= 0.6 is 0 Å². The van der Waals surface area contributed by atoms with Gasteiger partial charge in [0.05, 0.1) is 6.26 Å². The van der Waals surface area contributed by atoms with Crippen molar-refractivity contribution in [3.8, 4) is 0 Å². The minimum absolute atomic E-state index is 0.0767. The van der Waals surface area contributed by atoms with Crippen LogP contribution in [-0.4, -0.2) is 10.9 Å². The minimum atomic E-state index is 0.0767. The Morgan fingerprint density at radius 1 is 1.62 bits per heavy atom. The van der Waals surface area contributed by atoms with Crippen LogP contribution in [0.3, 0.4) is 0 Å². The van der Waals surface area contributed by atoms with Crippen LogP contribution in [0, 0.1) is 0 Å². The van der Waals surface area contributed by atoms with Crippen molar-refractivity contribution in [3.05, 3.63) is 11.8 Å². The number of hydrogen-bond donors (Lipinski definition) is 1. The van der Waals surface area contributed by atoms with Gasteiger partial charge in [0.1, 0.15) is 5.78 Å². The van der Waals surface area contributed by atoms with Gasteiger partial charge in [-0.15, -0.1) is 0 Å². The van der Waals surface area contributed by atoms with Gasteiger partial charge in [0.25, 0.3) is 0 Å². The van der Waals surface area contributed by atoms with Crippen LogP contribution in [0.5, 0.6) is 0 Å². The fourth-order valence-electron chi connectivity index (χ4n) is 0.438. The second kappa shape index (κ2) is 3.24. The molecule has 0 aromatic heterocycles. The third kappa shape index (κ3) is 3.40.